The molecule has 0 saturated carbocycles. The number of pyridine rings is 1. The minimum Gasteiger partial charge on any atom is -0.241 e. The molecule has 0 fully saturated rings. The summed E-state index contributed by atoms with van der Waals surface area (Å²) in [6.45, 7) is 0. The zero-order chi connectivity index (χ0) is 9.38. The fourth-order valence-corrected chi connectivity index (χ4v) is 2.46. The maximum absolute atomic E-state index is 4.63. The zero-order valence-corrected chi connectivity index (χ0v) is 8.42. The summed E-state index contributed by atoms with van der Waals surface area (Å²) in [6, 6.07) is 10.5. The van der Waals surface area contributed by atoms with E-state index in [2.05, 4.69) is 41.4 Å². The van der Waals surface area contributed by atoms with Gasteiger partial charge in [-0.3, -0.25) is 0 Å². The molecule has 0 unspecified atom stereocenters. The Bertz CT molecular complexity index is 517. The second-order valence-electron chi connectivity index (χ2n) is 3.29. The van der Waals surface area contributed by atoms with E-state index in [1.54, 1.807) is 11.8 Å². The molecule has 1 aromatic carbocycles. The van der Waals surface area contributed by atoms with Crippen molar-refractivity contribution in [1.82, 2.24) is 4.98 Å². The molecule has 2 heterocycles. The first kappa shape index (κ1) is 8.06. The summed E-state index contributed by atoms with van der Waals surface area (Å²) in [5, 5.41) is 2.38. The van der Waals surface area contributed by atoms with Crippen molar-refractivity contribution in [3.05, 3.63) is 42.0 Å². The standard InChI is InChI=1S/C12H9NS/c1-2-6-11-9(4-1)8-10-5-3-7-14-12(10)13-11/h1-6,8H,7H2. The Hall–Kier alpha value is -1.28. The van der Waals surface area contributed by atoms with Gasteiger partial charge in [0.05, 0.1) is 5.52 Å². The van der Waals surface area contributed by atoms with Crippen LogP contribution >= 0.6 is 11.8 Å². The van der Waals surface area contributed by atoms with Gasteiger partial charge in [-0.05, 0) is 12.1 Å². The van der Waals surface area contributed by atoms with Gasteiger partial charge in [-0.25, -0.2) is 4.98 Å². The summed E-state index contributed by atoms with van der Waals surface area (Å²) >= 11 is 1.81. The van der Waals surface area contributed by atoms with Crippen molar-refractivity contribution in [1.29, 1.82) is 0 Å². The first-order valence-electron chi connectivity index (χ1n) is 4.62. The number of hydrogen-bond acceptors (Lipinski definition) is 2. The molecule has 0 aliphatic carbocycles. The molecule has 0 amide bonds. The second-order valence-corrected chi connectivity index (χ2v) is 4.30. The van der Waals surface area contributed by atoms with Crippen molar-refractivity contribution >= 4 is 28.7 Å². The van der Waals surface area contributed by atoms with E-state index in [9.17, 15) is 0 Å². The quantitative estimate of drug-likeness (QED) is 0.645. The molecule has 1 aliphatic heterocycles. The lowest BCUT2D eigenvalue weighted by Gasteiger charge is -2.09. The highest BCUT2D eigenvalue weighted by Crippen LogP contribution is 2.29. The monoisotopic (exact) mass is 199 g/mol. The van der Waals surface area contributed by atoms with Crippen LogP contribution in [-0.2, 0) is 0 Å². The lowest BCUT2D eigenvalue weighted by atomic mass is 10.1. The van der Waals surface area contributed by atoms with Crippen molar-refractivity contribution in [3.8, 4) is 0 Å². The van der Waals surface area contributed by atoms with Gasteiger partial charge in [0, 0.05) is 16.7 Å². The molecular weight excluding hydrogens is 190 g/mol. The lowest BCUT2D eigenvalue weighted by molar-refractivity contribution is 1.17. The van der Waals surface area contributed by atoms with Crippen LogP contribution in [0.4, 0.5) is 0 Å². The molecule has 1 nitrogen and oxygen atoms in total. The Morgan fingerprint density at radius 1 is 1.21 bits per heavy atom. The number of para-hydroxylation sites is 1. The number of hydrogen-bond donors (Lipinski definition) is 0. The molecule has 2 heteroatoms. The van der Waals surface area contributed by atoms with Crippen molar-refractivity contribution in [3.63, 3.8) is 0 Å². The first-order chi connectivity index (χ1) is 6.93. The van der Waals surface area contributed by atoms with Crippen molar-refractivity contribution < 1.29 is 0 Å². The molecule has 0 saturated heterocycles. The fraction of sp³-hybridized carbons (Fsp3) is 0.0833. The third-order valence-corrected chi connectivity index (χ3v) is 3.29. The molecule has 14 heavy (non-hydrogen) atoms. The predicted molar refractivity (Wildman–Crippen MR) is 61.5 cm³/mol. The predicted octanol–water partition coefficient (Wildman–Crippen LogP) is 3.35. The van der Waals surface area contributed by atoms with E-state index in [0.29, 0.717) is 0 Å². The Balaban J connectivity index is 2.34. The Morgan fingerprint density at radius 3 is 3.14 bits per heavy atom. The van der Waals surface area contributed by atoms with Crippen LogP contribution in [0.5, 0.6) is 0 Å². The summed E-state index contributed by atoms with van der Waals surface area (Å²) in [4.78, 5) is 4.63. The molecule has 3 rings (SSSR count). The van der Waals surface area contributed by atoms with Crippen molar-refractivity contribution in [2.24, 2.45) is 0 Å². The van der Waals surface area contributed by atoms with Crippen LogP contribution in [0.25, 0.3) is 17.0 Å². The summed E-state index contributed by atoms with van der Waals surface area (Å²) in [7, 11) is 0. The normalized spacial score (nSPS) is 14.3. The van der Waals surface area contributed by atoms with E-state index in [-0.39, 0.29) is 0 Å². The zero-order valence-electron chi connectivity index (χ0n) is 7.60. The smallest absolute Gasteiger partial charge is 0.104 e. The molecule has 0 radical (unpaired) electrons. The average molecular weight is 199 g/mol. The van der Waals surface area contributed by atoms with Crippen LogP contribution in [-0.4, -0.2) is 10.7 Å². The maximum atomic E-state index is 4.63. The van der Waals surface area contributed by atoms with Crippen LogP contribution in [0.1, 0.15) is 5.56 Å². The van der Waals surface area contributed by atoms with E-state index in [1.807, 2.05) is 6.07 Å². The van der Waals surface area contributed by atoms with Crippen LogP contribution in [0.2, 0.25) is 0 Å². The van der Waals surface area contributed by atoms with Crippen LogP contribution in [0, 0.1) is 0 Å². The number of fused-ring (bicyclic) bond motifs is 2. The molecule has 0 bridgehead atoms. The molecule has 0 spiro atoms. The number of nitrogens with zero attached hydrogens (tertiary/aromatic N) is 1. The lowest BCUT2D eigenvalue weighted by Crippen LogP contribution is -1.92. The minimum atomic E-state index is 1.04. The number of aromatic nitrogens is 1. The van der Waals surface area contributed by atoms with Gasteiger partial charge in [0.1, 0.15) is 5.03 Å². The first-order valence-corrected chi connectivity index (χ1v) is 5.61. The number of thioether (sulfide) groups is 1. The van der Waals surface area contributed by atoms with Crippen LogP contribution < -0.4 is 0 Å². The van der Waals surface area contributed by atoms with E-state index < -0.39 is 0 Å². The van der Waals surface area contributed by atoms with Gasteiger partial charge in [0.25, 0.3) is 0 Å². The van der Waals surface area contributed by atoms with Gasteiger partial charge >= 0.3 is 0 Å². The van der Waals surface area contributed by atoms with Crippen molar-refractivity contribution in [2.75, 3.05) is 5.75 Å². The molecule has 1 aliphatic rings. The fourth-order valence-electron chi connectivity index (χ4n) is 1.65. The van der Waals surface area contributed by atoms with E-state index in [0.717, 1.165) is 16.3 Å². The number of rotatable bonds is 0. The summed E-state index contributed by atoms with van der Waals surface area (Å²) in [5.74, 6) is 1.04. The summed E-state index contributed by atoms with van der Waals surface area (Å²) < 4.78 is 0. The largest absolute Gasteiger partial charge is 0.241 e. The molecule has 0 N–H and O–H groups in total. The average Bonchev–Trinajstić information content (AvgIpc) is 2.26. The number of benzene rings is 1. The van der Waals surface area contributed by atoms with Crippen LogP contribution in [0.3, 0.4) is 0 Å². The molecule has 1 aromatic heterocycles. The summed E-state index contributed by atoms with van der Waals surface area (Å²) in [6.07, 6.45) is 4.34. The van der Waals surface area contributed by atoms with Gasteiger partial charge in [-0.1, -0.05) is 30.4 Å². The maximum Gasteiger partial charge on any atom is 0.104 e. The van der Waals surface area contributed by atoms with E-state index in [4.69, 9.17) is 0 Å². The minimum absolute atomic E-state index is 1.04. The molecule has 0 atom stereocenters. The SMILES string of the molecule is C1=Cc2cc3ccccc3nc2SC1. The highest BCUT2D eigenvalue weighted by Gasteiger charge is 2.07. The highest BCUT2D eigenvalue weighted by molar-refractivity contribution is 7.99. The third kappa shape index (κ3) is 1.23. The van der Waals surface area contributed by atoms with Crippen LogP contribution in [0.15, 0.2) is 41.4 Å². The molecule has 68 valence electrons. The third-order valence-electron chi connectivity index (χ3n) is 2.33. The summed E-state index contributed by atoms with van der Waals surface area (Å²) in [5.41, 5.74) is 2.34. The highest BCUT2D eigenvalue weighted by atomic mass is 32.2. The Morgan fingerprint density at radius 2 is 2.14 bits per heavy atom. The molecule has 2 aromatic rings. The van der Waals surface area contributed by atoms with Gasteiger partial charge < -0.3 is 0 Å². The van der Waals surface area contributed by atoms with Crippen molar-refractivity contribution in [2.45, 2.75) is 5.03 Å². The van der Waals surface area contributed by atoms with E-state index >= 15 is 0 Å². The Labute approximate surface area is 86.9 Å². The van der Waals surface area contributed by atoms with Gasteiger partial charge in [0.2, 0.25) is 0 Å². The van der Waals surface area contributed by atoms with Gasteiger partial charge in [-0.15, -0.1) is 11.8 Å². The van der Waals surface area contributed by atoms with Gasteiger partial charge in [-0.2, -0.15) is 0 Å². The second kappa shape index (κ2) is 3.14. The van der Waals surface area contributed by atoms with E-state index in [1.165, 1.54) is 10.9 Å². The Kier molecular flexibility index (Phi) is 1.81. The van der Waals surface area contributed by atoms with Gasteiger partial charge in [0.15, 0.2) is 0 Å². The molecular formula is C12H9NS. The topological polar surface area (TPSA) is 12.9 Å².